The highest BCUT2D eigenvalue weighted by Gasteiger charge is 2.25. The van der Waals surface area contributed by atoms with Crippen LogP contribution < -0.4 is 0 Å². The van der Waals surface area contributed by atoms with E-state index in [1.165, 1.54) is 0 Å². The van der Waals surface area contributed by atoms with E-state index < -0.39 is 0 Å². The van der Waals surface area contributed by atoms with E-state index in [4.69, 9.17) is 4.74 Å². The van der Waals surface area contributed by atoms with Gasteiger partial charge in [-0.15, -0.1) is 0 Å². The molecule has 2 amide bonds. The Morgan fingerprint density at radius 3 is 2.44 bits per heavy atom. The molecule has 1 aliphatic rings. The molecule has 3 rings (SSSR count). The minimum absolute atomic E-state index is 0.0158. The zero-order chi connectivity index (χ0) is 19.2. The molecular formula is C22H26N2O3. The van der Waals surface area contributed by atoms with Gasteiger partial charge in [0.15, 0.2) is 0 Å². The molecule has 1 unspecified atom stereocenters. The monoisotopic (exact) mass is 366 g/mol. The standard InChI is InChI=1S/C22H26N2O3/c1-23(2)22(26)19-11-8-17(9-12-19)10-13-21(25)24-14-15-27-20(16-24)18-6-4-3-5-7-18/h3-9,11-12,20H,10,13-16H2,1-2H3. The molecular weight excluding hydrogens is 340 g/mol. The lowest BCUT2D eigenvalue weighted by atomic mass is 10.0. The highest BCUT2D eigenvalue weighted by atomic mass is 16.5. The summed E-state index contributed by atoms with van der Waals surface area (Å²) in [5.74, 6) is 0.130. The first-order valence-electron chi connectivity index (χ1n) is 9.29. The van der Waals surface area contributed by atoms with Crippen molar-refractivity contribution in [2.24, 2.45) is 0 Å². The lowest BCUT2D eigenvalue weighted by molar-refractivity contribution is -0.139. The number of nitrogens with zero attached hydrogens (tertiary/aromatic N) is 2. The van der Waals surface area contributed by atoms with E-state index in [-0.39, 0.29) is 17.9 Å². The van der Waals surface area contributed by atoms with E-state index in [1.54, 1.807) is 19.0 Å². The summed E-state index contributed by atoms with van der Waals surface area (Å²) in [5, 5.41) is 0. The van der Waals surface area contributed by atoms with Gasteiger partial charge >= 0.3 is 0 Å². The number of benzene rings is 2. The Morgan fingerprint density at radius 1 is 1.07 bits per heavy atom. The number of rotatable bonds is 5. The third-order valence-electron chi connectivity index (χ3n) is 4.83. The fourth-order valence-electron chi connectivity index (χ4n) is 3.23. The summed E-state index contributed by atoms with van der Waals surface area (Å²) >= 11 is 0. The minimum atomic E-state index is -0.0553. The molecule has 2 aromatic carbocycles. The summed E-state index contributed by atoms with van der Waals surface area (Å²) < 4.78 is 5.83. The SMILES string of the molecule is CN(C)C(=O)c1ccc(CCC(=O)N2CCOC(c3ccccc3)C2)cc1. The molecule has 0 N–H and O–H groups in total. The number of carbonyl (C=O) groups is 2. The first-order valence-corrected chi connectivity index (χ1v) is 9.29. The van der Waals surface area contributed by atoms with Crippen LogP contribution in [0.4, 0.5) is 0 Å². The molecule has 0 spiro atoms. The van der Waals surface area contributed by atoms with Crippen LogP contribution in [0.15, 0.2) is 54.6 Å². The van der Waals surface area contributed by atoms with Crippen molar-refractivity contribution in [3.05, 3.63) is 71.3 Å². The third kappa shape index (κ3) is 4.95. The molecule has 0 aromatic heterocycles. The van der Waals surface area contributed by atoms with Crippen LogP contribution in [-0.4, -0.2) is 55.4 Å². The van der Waals surface area contributed by atoms with Gasteiger partial charge in [0.2, 0.25) is 5.91 Å². The Labute approximate surface area is 160 Å². The molecule has 0 saturated carbocycles. The lowest BCUT2D eigenvalue weighted by Crippen LogP contribution is -2.42. The summed E-state index contributed by atoms with van der Waals surface area (Å²) in [4.78, 5) is 28.0. The van der Waals surface area contributed by atoms with Crippen LogP contribution in [0.25, 0.3) is 0 Å². The lowest BCUT2D eigenvalue weighted by Gasteiger charge is -2.33. The zero-order valence-corrected chi connectivity index (χ0v) is 15.9. The van der Waals surface area contributed by atoms with Crippen molar-refractivity contribution in [2.45, 2.75) is 18.9 Å². The Balaban J connectivity index is 1.53. The predicted octanol–water partition coefficient (Wildman–Crippen LogP) is 2.92. The molecule has 2 aromatic rings. The third-order valence-corrected chi connectivity index (χ3v) is 4.83. The van der Waals surface area contributed by atoms with Crippen LogP contribution in [0.3, 0.4) is 0 Å². The average Bonchev–Trinajstić information content (AvgIpc) is 2.72. The predicted molar refractivity (Wildman–Crippen MR) is 104 cm³/mol. The Kier molecular flexibility index (Phi) is 6.24. The van der Waals surface area contributed by atoms with Crippen LogP contribution in [0, 0.1) is 0 Å². The van der Waals surface area contributed by atoms with Gasteiger partial charge in [-0.2, -0.15) is 0 Å². The molecule has 1 saturated heterocycles. The van der Waals surface area contributed by atoms with Gasteiger partial charge < -0.3 is 14.5 Å². The van der Waals surface area contributed by atoms with Crippen LogP contribution in [-0.2, 0) is 16.0 Å². The molecule has 5 heteroatoms. The maximum atomic E-state index is 12.6. The summed E-state index contributed by atoms with van der Waals surface area (Å²) in [6.07, 6.45) is 1.07. The smallest absolute Gasteiger partial charge is 0.253 e. The topological polar surface area (TPSA) is 49.9 Å². The van der Waals surface area contributed by atoms with E-state index in [0.29, 0.717) is 38.1 Å². The highest BCUT2D eigenvalue weighted by Crippen LogP contribution is 2.22. The molecule has 5 nitrogen and oxygen atoms in total. The van der Waals surface area contributed by atoms with E-state index >= 15 is 0 Å². The number of morpholine rings is 1. The number of hydrogen-bond donors (Lipinski definition) is 0. The largest absolute Gasteiger partial charge is 0.370 e. The highest BCUT2D eigenvalue weighted by molar-refractivity contribution is 5.93. The Hall–Kier alpha value is -2.66. The average molecular weight is 366 g/mol. The zero-order valence-electron chi connectivity index (χ0n) is 15.9. The Bertz CT molecular complexity index is 772. The van der Waals surface area contributed by atoms with Crippen molar-refractivity contribution in [1.82, 2.24) is 9.80 Å². The molecule has 1 atom stereocenters. The molecule has 1 fully saturated rings. The van der Waals surface area contributed by atoms with E-state index in [9.17, 15) is 9.59 Å². The minimum Gasteiger partial charge on any atom is -0.370 e. The van der Waals surface area contributed by atoms with Gasteiger partial charge in [0.05, 0.1) is 13.2 Å². The van der Waals surface area contributed by atoms with Gasteiger partial charge in [-0.3, -0.25) is 9.59 Å². The first kappa shape index (κ1) is 19.1. The number of carbonyl (C=O) groups excluding carboxylic acids is 2. The number of aryl methyl sites for hydroxylation is 1. The number of amides is 2. The second-order valence-corrected chi connectivity index (χ2v) is 7.01. The van der Waals surface area contributed by atoms with Gasteiger partial charge in [-0.05, 0) is 29.7 Å². The van der Waals surface area contributed by atoms with Crippen LogP contribution in [0.2, 0.25) is 0 Å². The first-order chi connectivity index (χ1) is 13.0. The molecule has 1 heterocycles. The van der Waals surface area contributed by atoms with Crippen LogP contribution >= 0.6 is 0 Å². The fourth-order valence-corrected chi connectivity index (χ4v) is 3.23. The number of ether oxygens (including phenoxy) is 1. The normalized spacial score (nSPS) is 16.8. The molecule has 0 radical (unpaired) electrons. The van der Waals surface area contributed by atoms with Crippen molar-refractivity contribution in [1.29, 1.82) is 0 Å². The summed E-state index contributed by atoms with van der Waals surface area (Å²) in [7, 11) is 3.47. The van der Waals surface area contributed by atoms with E-state index in [2.05, 4.69) is 0 Å². The summed E-state index contributed by atoms with van der Waals surface area (Å²) in [6.45, 7) is 1.80. The van der Waals surface area contributed by atoms with Gasteiger partial charge in [0, 0.05) is 32.6 Å². The molecule has 0 bridgehead atoms. The van der Waals surface area contributed by atoms with Crippen LogP contribution in [0.1, 0.15) is 34.0 Å². The second-order valence-electron chi connectivity index (χ2n) is 7.01. The molecule has 27 heavy (non-hydrogen) atoms. The van der Waals surface area contributed by atoms with E-state index in [0.717, 1.165) is 11.1 Å². The summed E-state index contributed by atoms with van der Waals surface area (Å²) in [5.41, 5.74) is 2.83. The fraction of sp³-hybridized carbons (Fsp3) is 0.364. The van der Waals surface area contributed by atoms with Gasteiger partial charge in [0.25, 0.3) is 5.91 Å². The second kappa shape index (κ2) is 8.82. The quantitative estimate of drug-likeness (QED) is 0.818. The van der Waals surface area contributed by atoms with Crippen molar-refractivity contribution in [2.75, 3.05) is 33.8 Å². The Morgan fingerprint density at radius 2 is 1.78 bits per heavy atom. The van der Waals surface area contributed by atoms with Gasteiger partial charge in [-0.1, -0.05) is 42.5 Å². The van der Waals surface area contributed by atoms with E-state index in [1.807, 2.05) is 59.5 Å². The van der Waals surface area contributed by atoms with Crippen molar-refractivity contribution in [3.8, 4) is 0 Å². The maximum absolute atomic E-state index is 12.6. The van der Waals surface area contributed by atoms with Crippen molar-refractivity contribution < 1.29 is 14.3 Å². The summed E-state index contributed by atoms with van der Waals surface area (Å²) in [6, 6.07) is 17.5. The molecule has 1 aliphatic heterocycles. The molecule has 142 valence electrons. The van der Waals surface area contributed by atoms with Crippen molar-refractivity contribution in [3.63, 3.8) is 0 Å². The van der Waals surface area contributed by atoms with Gasteiger partial charge in [-0.25, -0.2) is 0 Å². The van der Waals surface area contributed by atoms with Crippen molar-refractivity contribution >= 4 is 11.8 Å². The maximum Gasteiger partial charge on any atom is 0.253 e. The van der Waals surface area contributed by atoms with Crippen LogP contribution in [0.5, 0.6) is 0 Å². The van der Waals surface area contributed by atoms with Gasteiger partial charge in [0.1, 0.15) is 6.10 Å². The number of hydrogen-bond acceptors (Lipinski definition) is 3. The molecule has 0 aliphatic carbocycles.